The number of hydrogen-bond acceptors (Lipinski definition) is 6. The van der Waals surface area contributed by atoms with Crippen LogP contribution in [-0.4, -0.2) is 24.3 Å². The van der Waals surface area contributed by atoms with Crippen LogP contribution < -0.4 is 10.0 Å². The molecular formula is C20H16N4O3S2. The molecule has 0 aliphatic carbocycles. The first-order chi connectivity index (χ1) is 13.9. The van der Waals surface area contributed by atoms with Crippen molar-refractivity contribution in [2.24, 2.45) is 0 Å². The Morgan fingerprint density at radius 2 is 1.86 bits per heavy atom. The number of sulfonamides is 1. The molecule has 4 rings (SSSR count). The van der Waals surface area contributed by atoms with Crippen molar-refractivity contribution >= 4 is 48.3 Å². The molecule has 0 aliphatic heterocycles. The lowest BCUT2D eigenvalue weighted by molar-refractivity contribution is 0.102. The summed E-state index contributed by atoms with van der Waals surface area (Å²) >= 11 is 1.19. The lowest BCUT2D eigenvalue weighted by atomic mass is 10.2. The van der Waals surface area contributed by atoms with Crippen molar-refractivity contribution < 1.29 is 13.2 Å². The number of carbonyl (C=O) groups is 1. The van der Waals surface area contributed by atoms with Gasteiger partial charge in [-0.25, -0.2) is 13.4 Å². The molecule has 29 heavy (non-hydrogen) atoms. The van der Waals surface area contributed by atoms with Crippen LogP contribution in [0, 0.1) is 6.92 Å². The Labute approximate surface area is 171 Å². The first kappa shape index (κ1) is 19.0. The molecule has 7 nitrogen and oxygen atoms in total. The molecule has 0 spiro atoms. The maximum Gasteiger partial charge on any atom is 0.263 e. The van der Waals surface area contributed by atoms with E-state index >= 15 is 0 Å². The first-order valence-electron chi connectivity index (χ1n) is 8.62. The van der Waals surface area contributed by atoms with Crippen molar-refractivity contribution in [1.29, 1.82) is 0 Å². The molecule has 0 saturated heterocycles. The number of thiazole rings is 1. The van der Waals surface area contributed by atoms with Gasteiger partial charge < -0.3 is 5.32 Å². The minimum Gasteiger partial charge on any atom is -0.322 e. The van der Waals surface area contributed by atoms with E-state index in [4.69, 9.17) is 0 Å². The predicted octanol–water partition coefficient (Wildman–Crippen LogP) is 4.05. The molecule has 1 amide bonds. The van der Waals surface area contributed by atoms with Crippen molar-refractivity contribution in [3.63, 3.8) is 0 Å². The number of rotatable bonds is 5. The van der Waals surface area contributed by atoms with Crippen LogP contribution in [0.15, 0.2) is 71.9 Å². The summed E-state index contributed by atoms with van der Waals surface area (Å²) in [5, 5.41) is 3.06. The molecule has 9 heteroatoms. The van der Waals surface area contributed by atoms with Crippen LogP contribution in [0.25, 0.3) is 10.2 Å². The number of nitrogens with one attached hydrogen (secondary N) is 2. The number of anilines is 2. The molecule has 146 valence electrons. The summed E-state index contributed by atoms with van der Waals surface area (Å²) in [6.07, 6.45) is 3.08. The fourth-order valence-electron chi connectivity index (χ4n) is 2.64. The summed E-state index contributed by atoms with van der Waals surface area (Å²) in [4.78, 5) is 20.7. The van der Waals surface area contributed by atoms with Crippen LogP contribution in [0.4, 0.5) is 10.8 Å². The second kappa shape index (κ2) is 7.61. The Hall–Kier alpha value is -3.30. The van der Waals surface area contributed by atoms with Gasteiger partial charge in [-0.15, -0.1) is 0 Å². The van der Waals surface area contributed by atoms with E-state index < -0.39 is 10.0 Å². The molecule has 0 fully saturated rings. The fourth-order valence-corrected chi connectivity index (χ4v) is 4.78. The van der Waals surface area contributed by atoms with E-state index in [-0.39, 0.29) is 15.9 Å². The summed E-state index contributed by atoms with van der Waals surface area (Å²) in [7, 11) is -3.72. The molecule has 0 saturated carbocycles. The van der Waals surface area contributed by atoms with Gasteiger partial charge in [-0.05, 0) is 49.4 Å². The molecular weight excluding hydrogens is 408 g/mol. The molecule has 2 aromatic carbocycles. The van der Waals surface area contributed by atoms with Crippen LogP contribution in [0.5, 0.6) is 0 Å². The summed E-state index contributed by atoms with van der Waals surface area (Å²) in [5.74, 6) is -0.276. The number of hydrogen-bond donors (Lipinski definition) is 2. The third kappa shape index (κ3) is 4.25. The van der Waals surface area contributed by atoms with E-state index in [0.29, 0.717) is 16.8 Å². The van der Waals surface area contributed by atoms with Gasteiger partial charge in [0.25, 0.3) is 15.9 Å². The Kier molecular flexibility index (Phi) is 4.99. The molecule has 2 aromatic heterocycles. The third-order valence-corrected chi connectivity index (χ3v) is 6.54. The first-order valence-corrected chi connectivity index (χ1v) is 10.9. The Morgan fingerprint density at radius 1 is 1.07 bits per heavy atom. The number of carbonyl (C=O) groups excluding carboxylic acids is 1. The average Bonchev–Trinajstić information content (AvgIpc) is 3.09. The Morgan fingerprint density at radius 3 is 2.59 bits per heavy atom. The maximum atomic E-state index is 12.6. The van der Waals surface area contributed by atoms with Gasteiger partial charge in [-0.3, -0.25) is 14.5 Å². The van der Waals surface area contributed by atoms with E-state index in [1.165, 1.54) is 17.5 Å². The number of aromatic nitrogens is 2. The van der Waals surface area contributed by atoms with Crippen LogP contribution >= 0.6 is 11.3 Å². The van der Waals surface area contributed by atoms with Crippen LogP contribution in [0.2, 0.25) is 0 Å². The summed E-state index contributed by atoms with van der Waals surface area (Å²) in [6.45, 7) is 1.89. The maximum absolute atomic E-state index is 12.6. The molecule has 0 radical (unpaired) electrons. The SMILES string of the molecule is Cc1ccc(S(=O)(=O)Nc2nc3ccc(NC(=O)c4cccnc4)cc3s2)cc1. The molecule has 0 bridgehead atoms. The van der Waals surface area contributed by atoms with Crippen molar-refractivity contribution in [2.45, 2.75) is 11.8 Å². The monoisotopic (exact) mass is 424 g/mol. The van der Waals surface area contributed by atoms with Crippen molar-refractivity contribution in [2.75, 3.05) is 10.0 Å². The van der Waals surface area contributed by atoms with Gasteiger partial charge in [0.15, 0.2) is 5.13 Å². The lowest BCUT2D eigenvalue weighted by Gasteiger charge is -2.04. The van der Waals surface area contributed by atoms with E-state index in [0.717, 1.165) is 10.3 Å². The number of nitrogens with zero attached hydrogens (tertiary/aromatic N) is 2. The Balaban J connectivity index is 1.55. The average molecular weight is 425 g/mol. The van der Waals surface area contributed by atoms with E-state index in [9.17, 15) is 13.2 Å². The van der Waals surface area contributed by atoms with E-state index in [1.807, 2.05) is 6.92 Å². The molecule has 2 heterocycles. The van der Waals surface area contributed by atoms with E-state index in [1.54, 1.807) is 60.8 Å². The summed E-state index contributed by atoms with van der Waals surface area (Å²) < 4.78 is 28.4. The number of amides is 1. The molecule has 0 atom stereocenters. The quantitative estimate of drug-likeness (QED) is 0.503. The third-order valence-electron chi connectivity index (χ3n) is 4.12. The number of pyridine rings is 1. The van der Waals surface area contributed by atoms with Gasteiger partial charge in [0.2, 0.25) is 0 Å². The smallest absolute Gasteiger partial charge is 0.263 e. The van der Waals surface area contributed by atoms with Crippen molar-refractivity contribution in [3.8, 4) is 0 Å². The number of aryl methyl sites for hydroxylation is 1. The second-order valence-corrected chi connectivity index (χ2v) is 9.03. The molecule has 4 aromatic rings. The van der Waals surface area contributed by atoms with Crippen molar-refractivity contribution in [3.05, 3.63) is 78.1 Å². The zero-order valence-corrected chi connectivity index (χ0v) is 16.9. The van der Waals surface area contributed by atoms with Gasteiger partial charge in [-0.1, -0.05) is 29.0 Å². The number of fused-ring (bicyclic) bond motifs is 1. The highest BCUT2D eigenvalue weighted by Gasteiger charge is 2.17. The van der Waals surface area contributed by atoms with E-state index in [2.05, 4.69) is 20.0 Å². The van der Waals surface area contributed by atoms with Crippen LogP contribution in [-0.2, 0) is 10.0 Å². The minimum atomic E-state index is -3.72. The van der Waals surface area contributed by atoms with Crippen LogP contribution in [0.1, 0.15) is 15.9 Å². The highest BCUT2D eigenvalue weighted by atomic mass is 32.2. The topological polar surface area (TPSA) is 101 Å². The fraction of sp³-hybridized carbons (Fsp3) is 0.0500. The number of benzene rings is 2. The Bertz CT molecular complexity index is 1280. The van der Waals surface area contributed by atoms with Crippen LogP contribution in [0.3, 0.4) is 0 Å². The largest absolute Gasteiger partial charge is 0.322 e. The van der Waals surface area contributed by atoms with Gasteiger partial charge in [0.1, 0.15) is 0 Å². The van der Waals surface area contributed by atoms with Gasteiger partial charge in [0, 0.05) is 18.1 Å². The van der Waals surface area contributed by atoms with Gasteiger partial charge >= 0.3 is 0 Å². The second-order valence-electron chi connectivity index (χ2n) is 6.32. The molecule has 0 unspecified atom stereocenters. The zero-order chi connectivity index (χ0) is 20.4. The lowest BCUT2D eigenvalue weighted by Crippen LogP contribution is -2.12. The highest BCUT2D eigenvalue weighted by Crippen LogP contribution is 2.30. The summed E-state index contributed by atoms with van der Waals surface area (Å²) in [5.41, 5.74) is 2.65. The molecule has 2 N–H and O–H groups in total. The zero-order valence-electron chi connectivity index (χ0n) is 15.3. The predicted molar refractivity (Wildman–Crippen MR) is 114 cm³/mol. The summed E-state index contributed by atoms with van der Waals surface area (Å²) in [6, 6.07) is 15.1. The minimum absolute atomic E-state index is 0.173. The van der Waals surface area contributed by atoms with Crippen molar-refractivity contribution in [1.82, 2.24) is 9.97 Å². The molecule has 0 aliphatic rings. The normalized spacial score (nSPS) is 11.3. The van der Waals surface area contributed by atoms with Gasteiger partial charge in [0.05, 0.1) is 20.7 Å². The van der Waals surface area contributed by atoms with Gasteiger partial charge in [-0.2, -0.15) is 0 Å². The standard InChI is InChI=1S/C20H16N4O3S2/c1-13-4-7-16(8-5-13)29(26,27)24-20-23-17-9-6-15(11-18(17)28-20)22-19(25)14-3-2-10-21-12-14/h2-12H,1H3,(H,22,25)(H,23,24). The highest BCUT2D eigenvalue weighted by molar-refractivity contribution is 7.93.